The number of aromatic carboxylic acids is 1. The number of likely N-dealkylation sites (N-methyl/N-ethyl adjacent to an activating group) is 1. The number of rotatable bonds is 6. The van der Waals surface area contributed by atoms with Crippen molar-refractivity contribution in [2.24, 2.45) is 0 Å². The minimum Gasteiger partial charge on any atom is -0.477 e. The van der Waals surface area contributed by atoms with E-state index in [0.717, 1.165) is 6.54 Å². The summed E-state index contributed by atoms with van der Waals surface area (Å²) in [6, 6.07) is 2.05. The van der Waals surface area contributed by atoms with E-state index in [0.29, 0.717) is 12.6 Å². The number of hydrogen-bond donors (Lipinski definition) is 1. The van der Waals surface area contributed by atoms with Crippen LogP contribution in [-0.4, -0.2) is 52.4 Å². The van der Waals surface area contributed by atoms with Gasteiger partial charge in [-0.25, -0.2) is 4.79 Å². The Morgan fingerprint density at radius 2 is 2.41 bits per heavy atom. The van der Waals surface area contributed by atoms with Gasteiger partial charge in [0.15, 0.2) is 0 Å². The minimum absolute atomic E-state index is 0.0501. The number of hydrogen-bond acceptors (Lipinski definition) is 5. The third-order valence-electron chi connectivity index (χ3n) is 2.77. The van der Waals surface area contributed by atoms with Gasteiger partial charge in [-0.2, -0.15) is 5.10 Å². The standard InChI is InChI=1S/C11H15N3O3/c1-14(8-2-3-8)6-7-17-10-9(11(15)16)4-5-12-13-10/h4-5,8H,2-3,6-7H2,1H3,(H,15,16). The molecule has 1 aromatic heterocycles. The molecule has 6 heteroatoms. The average Bonchev–Trinajstić information content (AvgIpc) is 3.13. The Labute approximate surface area is 99.2 Å². The van der Waals surface area contributed by atoms with Crippen LogP contribution in [0.3, 0.4) is 0 Å². The van der Waals surface area contributed by atoms with E-state index < -0.39 is 5.97 Å². The number of nitrogens with zero attached hydrogens (tertiary/aromatic N) is 3. The fourth-order valence-corrected chi connectivity index (χ4v) is 1.57. The van der Waals surface area contributed by atoms with Gasteiger partial charge in [-0.1, -0.05) is 0 Å². The Bertz CT molecular complexity index is 407. The summed E-state index contributed by atoms with van der Waals surface area (Å²) in [5, 5.41) is 16.2. The smallest absolute Gasteiger partial charge is 0.341 e. The first kappa shape index (κ1) is 11.8. The third kappa shape index (κ3) is 3.13. The van der Waals surface area contributed by atoms with E-state index in [1.165, 1.54) is 25.1 Å². The van der Waals surface area contributed by atoms with E-state index in [2.05, 4.69) is 15.1 Å². The maximum absolute atomic E-state index is 10.9. The molecule has 0 saturated heterocycles. The van der Waals surface area contributed by atoms with Crippen LogP contribution in [0.15, 0.2) is 12.3 Å². The predicted molar refractivity (Wildman–Crippen MR) is 60.1 cm³/mol. The maximum atomic E-state index is 10.9. The Hall–Kier alpha value is -1.69. The summed E-state index contributed by atoms with van der Waals surface area (Å²) in [5.74, 6) is -0.963. The molecule has 0 aromatic carbocycles. The molecular weight excluding hydrogens is 222 g/mol. The quantitative estimate of drug-likeness (QED) is 0.782. The van der Waals surface area contributed by atoms with Crippen LogP contribution in [-0.2, 0) is 0 Å². The molecule has 1 aromatic rings. The number of carboxylic acids is 1. The van der Waals surface area contributed by atoms with E-state index >= 15 is 0 Å². The Morgan fingerprint density at radius 3 is 3.06 bits per heavy atom. The van der Waals surface area contributed by atoms with Crippen molar-refractivity contribution in [3.05, 3.63) is 17.8 Å². The number of ether oxygens (including phenoxy) is 1. The lowest BCUT2D eigenvalue weighted by atomic mass is 10.3. The predicted octanol–water partition coefficient (Wildman–Crippen LogP) is 0.648. The molecule has 1 fully saturated rings. The molecule has 92 valence electrons. The zero-order valence-corrected chi connectivity index (χ0v) is 9.67. The van der Waals surface area contributed by atoms with E-state index in [9.17, 15) is 4.79 Å². The molecule has 0 spiro atoms. The Kier molecular flexibility index (Phi) is 3.53. The van der Waals surface area contributed by atoms with E-state index in [1.807, 2.05) is 7.05 Å². The topological polar surface area (TPSA) is 75.5 Å². The molecular formula is C11H15N3O3. The first-order valence-corrected chi connectivity index (χ1v) is 5.56. The van der Waals surface area contributed by atoms with Gasteiger partial charge in [0.2, 0.25) is 5.88 Å². The van der Waals surface area contributed by atoms with Crippen molar-refractivity contribution < 1.29 is 14.6 Å². The average molecular weight is 237 g/mol. The van der Waals surface area contributed by atoms with Gasteiger partial charge in [0.25, 0.3) is 0 Å². The Morgan fingerprint density at radius 1 is 1.65 bits per heavy atom. The second-order valence-corrected chi connectivity index (χ2v) is 4.12. The van der Waals surface area contributed by atoms with Gasteiger partial charge in [-0.05, 0) is 26.0 Å². The van der Waals surface area contributed by atoms with E-state index in [1.54, 1.807) is 0 Å². The normalized spacial score (nSPS) is 14.9. The molecule has 1 aliphatic carbocycles. The summed E-state index contributed by atoms with van der Waals surface area (Å²) < 4.78 is 5.35. The van der Waals surface area contributed by atoms with Gasteiger partial charge in [0.1, 0.15) is 12.2 Å². The zero-order valence-electron chi connectivity index (χ0n) is 9.67. The van der Waals surface area contributed by atoms with Gasteiger partial charge in [-0.3, -0.25) is 0 Å². The fourth-order valence-electron chi connectivity index (χ4n) is 1.57. The van der Waals surface area contributed by atoms with Crippen LogP contribution in [0.1, 0.15) is 23.2 Å². The molecule has 1 aliphatic rings. The molecule has 0 atom stereocenters. The number of carbonyl (C=O) groups is 1. The summed E-state index contributed by atoms with van der Waals surface area (Å²) >= 11 is 0. The lowest BCUT2D eigenvalue weighted by Crippen LogP contribution is -2.26. The summed E-state index contributed by atoms with van der Waals surface area (Å²) in [6.45, 7) is 1.19. The highest BCUT2D eigenvalue weighted by Gasteiger charge is 2.25. The van der Waals surface area contributed by atoms with Crippen LogP contribution >= 0.6 is 0 Å². The summed E-state index contributed by atoms with van der Waals surface area (Å²) in [4.78, 5) is 13.1. The van der Waals surface area contributed by atoms with Gasteiger partial charge in [0, 0.05) is 12.6 Å². The molecule has 2 rings (SSSR count). The minimum atomic E-state index is -1.05. The zero-order chi connectivity index (χ0) is 12.3. The van der Waals surface area contributed by atoms with Gasteiger partial charge in [0.05, 0.1) is 6.20 Å². The molecule has 0 aliphatic heterocycles. The molecule has 1 N–H and O–H groups in total. The largest absolute Gasteiger partial charge is 0.477 e. The van der Waals surface area contributed by atoms with E-state index in [4.69, 9.17) is 9.84 Å². The lowest BCUT2D eigenvalue weighted by molar-refractivity contribution is 0.0690. The highest BCUT2D eigenvalue weighted by atomic mass is 16.5. The van der Waals surface area contributed by atoms with Gasteiger partial charge < -0.3 is 14.7 Å². The van der Waals surface area contributed by atoms with E-state index in [-0.39, 0.29) is 11.4 Å². The second kappa shape index (κ2) is 5.09. The lowest BCUT2D eigenvalue weighted by Gasteiger charge is -2.15. The van der Waals surface area contributed by atoms with Crippen molar-refractivity contribution in [3.8, 4) is 5.88 Å². The summed E-state index contributed by atoms with van der Waals surface area (Å²) in [7, 11) is 2.04. The van der Waals surface area contributed by atoms with Crippen molar-refractivity contribution in [3.63, 3.8) is 0 Å². The van der Waals surface area contributed by atoms with Gasteiger partial charge in [-0.15, -0.1) is 5.10 Å². The SMILES string of the molecule is CN(CCOc1nnccc1C(=O)O)C1CC1. The molecule has 1 saturated carbocycles. The number of carboxylic acid groups (broad SMARTS) is 1. The van der Waals surface area contributed by atoms with Crippen LogP contribution < -0.4 is 4.74 Å². The second-order valence-electron chi connectivity index (χ2n) is 4.12. The molecule has 0 radical (unpaired) electrons. The van der Waals surface area contributed by atoms with Gasteiger partial charge >= 0.3 is 5.97 Å². The van der Waals surface area contributed by atoms with Crippen molar-refractivity contribution in [2.75, 3.05) is 20.2 Å². The monoisotopic (exact) mass is 237 g/mol. The van der Waals surface area contributed by atoms with Crippen LogP contribution in [0.5, 0.6) is 5.88 Å². The summed E-state index contributed by atoms with van der Waals surface area (Å²) in [5.41, 5.74) is 0.0501. The highest BCUT2D eigenvalue weighted by Crippen LogP contribution is 2.24. The Balaban J connectivity index is 1.87. The van der Waals surface area contributed by atoms with Crippen LogP contribution in [0, 0.1) is 0 Å². The van der Waals surface area contributed by atoms with Crippen molar-refractivity contribution >= 4 is 5.97 Å². The third-order valence-corrected chi connectivity index (χ3v) is 2.77. The first-order valence-electron chi connectivity index (χ1n) is 5.56. The number of aromatic nitrogens is 2. The van der Waals surface area contributed by atoms with Crippen LogP contribution in [0.25, 0.3) is 0 Å². The van der Waals surface area contributed by atoms with Crippen LogP contribution in [0.2, 0.25) is 0 Å². The first-order chi connectivity index (χ1) is 8.18. The molecule has 6 nitrogen and oxygen atoms in total. The molecule has 0 bridgehead atoms. The fraction of sp³-hybridized carbons (Fsp3) is 0.545. The molecule has 17 heavy (non-hydrogen) atoms. The molecule has 1 heterocycles. The summed E-state index contributed by atoms with van der Waals surface area (Å²) in [6.07, 6.45) is 3.82. The molecule has 0 amide bonds. The van der Waals surface area contributed by atoms with Crippen LogP contribution in [0.4, 0.5) is 0 Å². The van der Waals surface area contributed by atoms with Crippen molar-refractivity contribution in [1.29, 1.82) is 0 Å². The molecule has 0 unspecified atom stereocenters. The highest BCUT2D eigenvalue weighted by molar-refractivity contribution is 5.89. The van der Waals surface area contributed by atoms with Crippen molar-refractivity contribution in [1.82, 2.24) is 15.1 Å². The van der Waals surface area contributed by atoms with Crippen molar-refractivity contribution in [2.45, 2.75) is 18.9 Å². The maximum Gasteiger partial charge on any atom is 0.341 e.